The molecule has 2 nitrogen and oxygen atoms in total. The van der Waals surface area contributed by atoms with Gasteiger partial charge < -0.3 is 4.79 Å². The van der Waals surface area contributed by atoms with Gasteiger partial charge in [-0.25, -0.2) is 0 Å². The summed E-state index contributed by atoms with van der Waals surface area (Å²) >= 11 is 0. The minimum absolute atomic E-state index is 0.383. The lowest BCUT2D eigenvalue weighted by atomic mass is 9.78. The molecule has 15 heavy (non-hydrogen) atoms. The summed E-state index contributed by atoms with van der Waals surface area (Å²) in [5, 5.41) is 9.02. The Morgan fingerprint density at radius 3 is 2.53 bits per heavy atom. The molecule has 0 bridgehead atoms. The largest absolute Gasteiger partial charge is 0.302 e. The lowest BCUT2D eigenvalue weighted by Crippen LogP contribution is -2.24. The van der Waals surface area contributed by atoms with E-state index in [-0.39, 0.29) is 5.41 Å². The van der Waals surface area contributed by atoms with E-state index in [4.69, 9.17) is 5.26 Å². The SMILES string of the molecule is N#Cc1ccccc1C1(C=O)CCCC1. The van der Waals surface area contributed by atoms with Crippen molar-refractivity contribution in [2.75, 3.05) is 0 Å². The topological polar surface area (TPSA) is 40.9 Å². The average Bonchev–Trinajstić information content (AvgIpc) is 2.79. The highest BCUT2D eigenvalue weighted by Gasteiger charge is 2.36. The molecule has 0 aliphatic heterocycles. The van der Waals surface area contributed by atoms with Crippen molar-refractivity contribution < 1.29 is 4.79 Å². The molecule has 0 heterocycles. The number of aldehydes is 1. The molecule has 0 saturated heterocycles. The Hall–Kier alpha value is -1.62. The average molecular weight is 199 g/mol. The van der Waals surface area contributed by atoms with Crippen LogP contribution in [0.3, 0.4) is 0 Å². The molecular formula is C13H13NO. The van der Waals surface area contributed by atoms with Crippen molar-refractivity contribution in [2.24, 2.45) is 0 Å². The maximum absolute atomic E-state index is 11.3. The number of hydrogen-bond donors (Lipinski definition) is 0. The maximum Gasteiger partial charge on any atom is 0.130 e. The van der Waals surface area contributed by atoms with E-state index in [1.54, 1.807) is 6.07 Å². The molecule has 2 heteroatoms. The van der Waals surface area contributed by atoms with E-state index in [0.29, 0.717) is 5.56 Å². The van der Waals surface area contributed by atoms with Gasteiger partial charge >= 0.3 is 0 Å². The van der Waals surface area contributed by atoms with Crippen molar-refractivity contribution in [3.05, 3.63) is 35.4 Å². The van der Waals surface area contributed by atoms with E-state index in [2.05, 4.69) is 6.07 Å². The number of hydrogen-bond acceptors (Lipinski definition) is 2. The van der Waals surface area contributed by atoms with Crippen LogP contribution in [-0.4, -0.2) is 6.29 Å². The molecule has 0 radical (unpaired) electrons. The number of rotatable bonds is 2. The van der Waals surface area contributed by atoms with E-state index >= 15 is 0 Å². The van der Waals surface area contributed by atoms with Crippen molar-refractivity contribution in [3.63, 3.8) is 0 Å². The Kier molecular flexibility index (Phi) is 2.55. The molecular weight excluding hydrogens is 186 g/mol. The van der Waals surface area contributed by atoms with Gasteiger partial charge in [0.15, 0.2) is 0 Å². The van der Waals surface area contributed by atoms with Crippen LogP contribution < -0.4 is 0 Å². The van der Waals surface area contributed by atoms with Crippen LogP contribution in [0.4, 0.5) is 0 Å². The van der Waals surface area contributed by atoms with Gasteiger partial charge in [-0.1, -0.05) is 31.0 Å². The van der Waals surface area contributed by atoms with Gasteiger partial charge in [0.05, 0.1) is 17.0 Å². The number of nitrogens with zero attached hydrogens (tertiary/aromatic N) is 1. The molecule has 0 N–H and O–H groups in total. The molecule has 76 valence electrons. The van der Waals surface area contributed by atoms with Gasteiger partial charge in [-0.3, -0.25) is 0 Å². The van der Waals surface area contributed by atoms with E-state index in [9.17, 15) is 4.79 Å². The summed E-state index contributed by atoms with van der Waals surface area (Å²) in [6.45, 7) is 0. The second-order valence-electron chi connectivity index (χ2n) is 4.14. The van der Waals surface area contributed by atoms with Gasteiger partial charge in [-0.05, 0) is 24.5 Å². The molecule has 0 atom stereocenters. The second-order valence-corrected chi connectivity index (χ2v) is 4.14. The zero-order chi connectivity index (χ0) is 10.7. The quantitative estimate of drug-likeness (QED) is 0.687. The summed E-state index contributed by atoms with van der Waals surface area (Å²) < 4.78 is 0. The molecule has 1 aromatic rings. The van der Waals surface area contributed by atoms with Crippen LogP contribution in [0, 0.1) is 11.3 Å². The van der Waals surface area contributed by atoms with Gasteiger partial charge in [0, 0.05) is 0 Å². The molecule has 1 aliphatic rings. The third-order valence-electron chi connectivity index (χ3n) is 3.31. The van der Waals surface area contributed by atoms with Crippen molar-refractivity contribution in [3.8, 4) is 6.07 Å². The van der Waals surface area contributed by atoms with Crippen LogP contribution in [0.25, 0.3) is 0 Å². The molecule has 1 aromatic carbocycles. The zero-order valence-electron chi connectivity index (χ0n) is 8.57. The first-order chi connectivity index (χ1) is 7.32. The standard InChI is InChI=1S/C13H13NO/c14-9-11-5-1-2-6-12(11)13(10-15)7-3-4-8-13/h1-2,5-6,10H,3-4,7-8H2. The monoisotopic (exact) mass is 199 g/mol. The summed E-state index contributed by atoms with van der Waals surface area (Å²) in [6, 6.07) is 9.62. The highest BCUT2D eigenvalue weighted by Crippen LogP contribution is 2.40. The van der Waals surface area contributed by atoms with Crippen LogP contribution in [0.1, 0.15) is 36.8 Å². The van der Waals surface area contributed by atoms with E-state index < -0.39 is 0 Å². The summed E-state index contributed by atoms with van der Waals surface area (Å²) in [6.07, 6.45) is 4.97. The molecule has 1 aliphatic carbocycles. The summed E-state index contributed by atoms with van der Waals surface area (Å²) in [5.74, 6) is 0. The Bertz CT molecular complexity index is 411. The highest BCUT2D eigenvalue weighted by molar-refractivity contribution is 5.71. The minimum atomic E-state index is -0.383. The third-order valence-corrected chi connectivity index (χ3v) is 3.31. The number of benzene rings is 1. The smallest absolute Gasteiger partial charge is 0.130 e. The van der Waals surface area contributed by atoms with Gasteiger partial charge in [0.2, 0.25) is 0 Å². The molecule has 2 rings (SSSR count). The third kappa shape index (κ3) is 1.55. The fourth-order valence-corrected chi connectivity index (χ4v) is 2.47. The van der Waals surface area contributed by atoms with Gasteiger partial charge in [-0.15, -0.1) is 0 Å². The van der Waals surface area contributed by atoms with Crippen LogP contribution >= 0.6 is 0 Å². The van der Waals surface area contributed by atoms with Crippen molar-refractivity contribution in [1.29, 1.82) is 5.26 Å². The van der Waals surface area contributed by atoms with Crippen LogP contribution in [-0.2, 0) is 10.2 Å². The lowest BCUT2D eigenvalue weighted by Gasteiger charge is -2.23. The lowest BCUT2D eigenvalue weighted by molar-refractivity contribution is -0.112. The molecule has 0 spiro atoms. The van der Waals surface area contributed by atoms with Gasteiger partial charge in [0.1, 0.15) is 6.29 Å². The van der Waals surface area contributed by atoms with Crippen molar-refractivity contribution in [2.45, 2.75) is 31.1 Å². The van der Waals surface area contributed by atoms with Gasteiger partial charge in [0.25, 0.3) is 0 Å². The first-order valence-electron chi connectivity index (χ1n) is 5.28. The van der Waals surface area contributed by atoms with Crippen LogP contribution in [0.15, 0.2) is 24.3 Å². The summed E-state index contributed by atoms with van der Waals surface area (Å²) in [5.41, 5.74) is 1.18. The van der Waals surface area contributed by atoms with Gasteiger partial charge in [-0.2, -0.15) is 5.26 Å². The van der Waals surface area contributed by atoms with Crippen molar-refractivity contribution >= 4 is 6.29 Å². The second kappa shape index (κ2) is 3.86. The summed E-state index contributed by atoms with van der Waals surface area (Å²) in [4.78, 5) is 11.3. The van der Waals surface area contributed by atoms with E-state index in [0.717, 1.165) is 37.5 Å². The van der Waals surface area contributed by atoms with E-state index in [1.807, 2.05) is 18.2 Å². The first-order valence-corrected chi connectivity index (χ1v) is 5.28. The number of carbonyl (C=O) groups is 1. The van der Waals surface area contributed by atoms with Crippen LogP contribution in [0.2, 0.25) is 0 Å². The predicted octanol–water partition coefficient (Wildman–Crippen LogP) is 2.57. The summed E-state index contributed by atoms with van der Waals surface area (Å²) in [7, 11) is 0. The normalized spacial score (nSPS) is 18.3. The molecule has 0 unspecified atom stereocenters. The molecule has 1 fully saturated rings. The molecule has 1 saturated carbocycles. The predicted molar refractivity (Wildman–Crippen MR) is 57.4 cm³/mol. The maximum atomic E-state index is 11.3. The zero-order valence-corrected chi connectivity index (χ0v) is 8.57. The Labute approximate surface area is 89.5 Å². The Balaban J connectivity index is 2.52. The number of carbonyl (C=O) groups excluding carboxylic acids is 1. The van der Waals surface area contributed by atoms with E-state index in [1.165, 1.54) is 0 Å². The Morgan fingerprint density at radius 2 is 1.93 bits per heavy atom. The highest BCUT2D eigenvalue weighted by atomic mass is 16.1. The fourth-order valence-electron chi connectivity index (χ4n) is 2.47. The van der Waals surface area contributed by atoms with Crippen LogP contribution in [0.5, 0.6) is 0 Å². The minimum Gasteiger partial charge on any atom is -0.302 e. The molecule has 0 amide bonds. The molecule has 0 aromatic heterocycles. The number of nitriles is 1. The fraction of sp³-hybridized carbons (Fsp3) is 0.385. The first kappa shape index (κ1) is 9.92. The van der Waals surface area contributed by atoms with Crippen molar-refractivity contribution in [1.82, 2.24) is 0 Å². The Morgan fingerprint density at radius 1 is 1.27 bits per heavy atom.